The molecular weight excluding hydrogens is 513 g/mol. The van der Waals surface area contributed by atoms with Crippen LogP contribution in [0, 0.1) is 23.2 Å². The Kier molecular flexibility index (Phi) is 9.88. The Hall–Kier alpha value is -0.466. The van der Waals surface area contributed by atoms with E-state index in [0.717, 1.165) is 12.8 Å². The van der Waals surface area contributed by atoms with E-state index in [2.05, 4.69) is 100 Å². The van der Waals surface area contributed by atoms with Gasteiger partial charge in [-0.15, -0.1) is 0 Å². The lowest BCUT2D eigenvalue weighted by molar-refractivity contribution is 0.0690. The van der Waals surface area contributed by atoms with Gasteiger partial charge < -0.3 is 14.0 Å². The highest BCUT2D eigenvalue weighted by atomic mass is 28.4. The Labute approximate surface area is 244 Å². The van der Waals surface area contributed by atoms with Crippen LogP contribution in [0.3, 0.4) is 0 Å². The zero-order chi connectivity index (χ0) is 29.6. The van der Waals surface area contributed by atoms with Crippen LogP contribution < -0.4 is 0 Å². The van der Waals surface area contributed by atoms with Crippen LogP contribution in [-0.2, 0) is 8.85 Å². The number of aliphatic hydroxyl groups is 1. The molecule has 3 aliphatic rings. The molecule has 224 valence electrons. The van der Waals surface area contributed by atoms with Crippen LogP contribution in [0.15, 0.2) is 35.5 Å². The Bertz CT molecular complexity index is 948. The second-order valence-electron chi connectivity index (χ2n) is 16.5. The molecule has 0 radical (unpaired) electrons. The van der Waals surface area contributed by atoms with Gasteiger partial charge in [0.05, 0.1) is 12.2 Å². The van der Waals surface area contributed by atoms with Gasteiger partial charge in [-0.1, -0.05) is 79.7 Å². The van der Waals surface area contributed by atoms with Crippen molar-refractivity contribution < 1.29 is 14.0 Å². The fraction of sp³-hybridized carbons (Fsp3) is 0.824. The Morgan fingerprint density at radius 1 is 1.00 bits per heavy atom. The normalized spacial score (nSPS) is 34.0. The molecule has 3 aliphatic carbocycles. The van der Waals surface area contributed by atoms with Crippen molar-refractivity contribution in [3.63, 3.8) is 0 Å². The average Bonchev–Trinajstić information content (AvgIpc) is 3.15. The van der Waals surface area contributed by atoms with Crippen LogP contribution in [0.1, 0.15) is 100 Å². The number of fused-ring (bicyclic) bond motifs is 1. The van der Waals surface area contributed by atoms with Gasteiger partial charge >= 0.3 is 0 Å². The van der Waals surface area contributed by atoms with Crippen LogP contribution in [-0.4, -0.2) is 40.6 Å². The molecule has 0 bridgehead atoms. The van der Waals surface area contributed by atoms with Gasteiger partial charge in [-0.2, -0.15) is 0 Å². The minimum atomic E-state index is -1.96. The molecule has 5 heteroatoms. The summed E-state index contributed by atoms with van der Waals surface area (Å²) in [5, 5.41) is 10.3. The first kappa shape index (κ1) is 33.0. The second kappa shape index (κ2) is 11.7. The van der Waals surface area contributed by atoms with Crippen LogP contribution in [0.5, 0.6) is 0 Å². The largest absolute Gasteiger partial charge is 0.413 e. The molecule has 0 aliphatic heterocycles. The molecule has 1 unspecified atom stereocenters. The number of allylic oxidation sites excluding steroid dienone is 3. The van der Waals surface area contributed by atoms with Crippen LogP contribution in [0.2, 0.25) is 36.3 Å². The fourth-order valence-corrected chi connectivity index (χ4v) is 9.78. The lowest BCUT2D eigenvalue weighted by Crippen LogP contribution is -2.49. The van der Waals surface area contributed by atoms with E-state index in [-0.39, 0.29) is 22.3 Å². The van der Waals surface area contributed by atoms with Crippen molar-refractivity contribution in [1.29, 1.82) is 0 Å². The number of hydrogen-bond donors (Lipinski definition) is 1. The predicted octanol–water partition coefficient (Wildman–Crippen LogP) is 9.81. The first-order chi connectivity index (χ1) is 17.7. The molecular formula is C34H62O3Si2. The highest BCUT2D eigenvalue weighted by Crippen LogP contribution is 2.59. The van der Waals surface area contributed by atoms with Gasteiger partial charge in [0.2, 0.25) is 0 Å². The monoisotopic (exact) mass is 574 g/mol. The van der Waals surface area contributed by atoms with Gasteiger partial charge in [0.1, 0.15) is 0 Å². The summed E-state index contributed by atoms with van der Waals surface area (Å²) in [6.45, 7) is 33.1. The van der Waals surface area contributed by atoms with Crippen LogP contribution >= 0.6 is 0 Å². The summed E-state index contributed by atoms with van der Waals surface area (Å²) in [6.07, 6.45) is 13.2. The third kappa shape index (κ3) is 6.96. The number of aliphatic hydroxyl groups excluding tert-OH is 1. The topological polar surface area (TPSA) is 38.7 Å². The summed E-state index contributed by atoms with van der Waals surface area (Å²) < 4.78 is 14.1. The van der Waals surface area contributed by atoms with Gasteiger partial charge in [-0.05, 0) is 109 Å². The van der Waals surface area contributed by atoms with Gasteiger partial charge in [0.25, 0.3) is 0 Å². The van der Waals surface area contributed by atoms with Crippen molar-refractivity contribution in [3.8, 4) is 0 Å². The number of rotatable bonds is 7. The molecule has 3 saturated carbocycles. The molecule has 39 heavy (non-hydrogen) atoms. The van der Waals surface area contributed by atoms with Crippen molar-refractivity contribution in [2.45, 2.75) is 149 Å². The molecule has 0 saturated heterocycles. The molecule has 0 heterocycles. The molecule has 0 amide bonds. The highest BCUT2D eigenvalue weighted by Gasteiger charge is 2.50. The number of hydrogen-bond acceptors (Lipinski definition) is 3. The Morgan fingerprint density at radius 2 is 1.59 bits per heavy atom. The van der Waals surface area contributed by atoms with E-state index >= 15 is 0 Å². The van der Waals surface area contributed by atoms with E-state index in [0.29, 0.717) is 29.8 Å². The summed E-state index contributed by atoms with van der Waals surface area (Å²) in [5.74, 6) is 1.65. The van der Waals surface area contributed by atoms with Crippen molar-refractivity contribution >= 4 is 16.6 Å². The summed E-state index contributed by atoms with van der Waals surface area (Å²) in [5.41, 5.74) is 4.43. The SMILES string of the molecule is C=C1/C(=C\C=C2/CCC[C@]3(C)C([C@H](C)CO)CC[C@@H]23)C[C@@H](O[Si](C)(C)C(C)(C)C)C[C@@H]1O[Si](C)(C)C(C)(C)C. The van der Waals surface area contributed by atoms with Crippen LogP contribution in [0.25, 0.3) is 0 Å². The fourth-order valence-electron chi connectivity index (χ4n) is 7.11. The third-order valence-electron chi connectivity index (χ3n) is 11.7. The quantitative estimate of drug-likeness (QED) is 0.308. The van der Waals surface area contributed by atoms with Crippen molar-refractivity contribution in [1.82, 2.24) is 0 Å². The van der Waals surface area contributed by atoms with Gasteiger partial charge in [-0.25, -0.2) is 0 Å². The standard InChI is InChI=1S/C34H62O3Si2/c1-24(23-35)29-18-19-30-26(15-14-20-34(29,30)9)16-17-27-21-28(36-38(10,11)32(3,4)5)22-31(25(27)2)37-39(12,13)33(6,7)8/h16-17,24,28-31,35H,2,14-15,18-23H2,1,3-13H3/b26-16+,27-17-/t24-,28-,29?,30+,31+,34-/m1/s1. The summed E-state index contributed by atoms with van der Waals surface area (Å²) in [6, 6.07) is 0. The third-order valence-corrected chi connectivity index (χ3v) is 20.8. The zero-order valence-corrected chi connectivity index (χ0v) is 29.7. The molecule has 0 aromatic heterocycles. The predicted molar refractivity (Wildman–Crippen MR) is 173 cm³/mol. The van der Waals surface area contributed by atoms with Crippen molar-refractivity contribution in [3.05, 3.63) is 35.5 Å². The molecule has 0 aromatic carbocycles. The van der Waals surface area contributed by atoms with Crippen molar-refractivity contribution in [2.24, 2.45) is 23.2 Å². The molecule has 3 rings (SSSR count). The smallest absolute Gasteiger partial charge is 0.192 e. The van der Waals surface area contributed by atoms with E-state index in [1.165, 1.54) is 43.3 Å². The molecule has 1 N–H and O–H groups in total. The minimum absolute atomic E-state index is 0.0250. The van der Waals surface area contributed by atoms with Crippen molar-refractivity contribution in [2.75, 3.05) is 6.61 Å². The average molecular weight is 575 g/mol. The van der Waals surface area contributed by atoms with Crippen LogP contribution in [0.4, 0.5) is 0 Å². The Morgan fingerprint density at radius 3 is 2.15 bits per heavy atom. The molecule has 6 atom stereocenters. The van der Waals surface area contributed by atoms with E-state index < -0.39 is 16.6 Å². The van der Waals surface area contributed by atoms with E-state index in [1.54, 1.807) is 5.57 Å². The second-order valence-corrected chi connectivity index (χ2v) is 26.0. The van der Waals surface area contributed by atoms with Gasteiger partial charge in [-0.3, -0.25) is 0 Å². The van der Waals surface area contributed by atoms with Gasteiger partial charge in [0.15, 0.2) is 16.6 Å². The molecule has 3 fully saturated rings. The summed E-state index contributed by atoms with van der Waals surface area (Å²) in [7, 11) is -3.87. The first-order valence-electron chi connectivity index (χ1n) is 15.8. The lowest BCUT2D eigenvalue weighted by atomic mass is 9.61. The minimum Gasteiger partial charge on any atom is -0.413 e. The lowest BCUT2D eigenvalue weighted by Gasteiger charge is -2.45. The van der Waals surface area contributed by atoms with E-state index in [1.807, 2.05) is 0 Å². The molecule has 0 spiro atoms. The maximum Gasteiger partial charge on any atom is 0.192 e. The maximum atomic E-state index is 9.93. The Balaban J connectivity index is 1.93. The zero-order valence-electron chi connectivity index (χ0n) is 27.7. The molecule has 0 aromatic rings. The summed E-state index contributed by atoms with van der Waals surface area (Å²) in [4.78, 5) is 0. The van der Waals surface area contributed by atoms with E-state index in [9.17, 15) is 5.11 Å². The molecule has 3 nitrogen and oxygen atoms in total. The summed E-state index contributed by atoms with van der Waals surface area (Å²) >= 11 is 0. The van der Waals surface area contributed by atoms with E-state index in [4.69, 9.17) is 8.85 Å². The van der Waals surface area contributed by atoms with Gasteiger partial charge in [0, 0.05) is 13.0 Å². The maximum absolute atomic E-state index is 9.93. The first-order valence-corrected chi connectivity index (χ1v) is 21.6. The highest BCUT2D eigenvalue weighted by molar-refractivity contribution is 6.74.